The number of carbonyl (C=O) groups is 1. The molecule has 0 amide bonds. The SMILES string of the molecule is C=CCSC(C)(C)CCC(C)(C)C(=O)O. The molecule has 0 aromatic heterocycles. The van der Waals surface area contributed by atoms with Crippen molar-refractivity contribution in [1.82, 2.24) is 0 Å². The summed E-state index contributed by atoms with van der Waals surface area (Å²) in [6, 6.07) is 0. The molecule has 0 bridgehead atoms. The summed E-state index contributed by atoms with van der Waals surface area (Å²) in [5, 5.41) is 8.99. The molecule has 0 fully saturated rings. The van der Waals surface area contributed by atoms with E-state index in [-0.39, 0.29) is 4.75 Å². The predicted octanol–water partition coefficient (Wildman–Crippen LogP) is 3.58. The van der Waals surface area contributed by atoms with Crippen LogP contribution < -0.4 is 0 Å². The van der Waals surface area contributed by atoms with Crippen molar-refractivity contribution in [2.24, 2.45) is 5.41 Å². The van der Waals surface area contributed by atoms with Crippen LogP contribution in [0.1, 0.15) is 40.5 Å². The molecule has 0 aliphatic heterocycles. The highest BCUT2D eigenvalue weighted by molar-refractivity contribution is 8.00. The predicted molar refractivity (Wildman–Crippen MR) is 67.4 cm³/mol. The van der Waals surface area contributed by atoms with Gasteiger partial charge in [0.05, 0.1) is 5.41 Å². The molecular formula is C12H22O2S. The van der Waals surface area contributed by atoms with Gasteiger partial charge in [0, 0.05) is 10.5 Å². The topological polar surface area (TPSA) is 37.3 Å². The zero-order chi connectivity index (χ0) is 12.1. The van der Waals surface area contributed by atoms with Crippen LogP contribution in [0, 0.1) is 5.41 Å². The minimum atomic E-state index is -0.716. The van der Waals surface area contributed by atoms with Gasteiger partial charge in [0.25, 0.3) is 0 Å². The molecule has 0 saturated carbocycles. The second-order valence-corrected chi connectivity index (χ2v) is 6.78. The highest BCUT2D eigenvalue weighted by Gasteiger charge is 2.30. The van der Waals surface area contributed by atoms with Gasteiger partial charge in [-0.2, -0.15) is 11.8 Å². The molecule has 0 rings (SSSR count). The van der Waals surface area contributed by atoms with E-state index in [9.17, 15) is 4.79 Å². The Morgan fingerprint density at radius 3 is 2.27 bits per heavy atom. The highest BCUT2D eigenvalue weighted by Crippen LogP contribution is 2.34. The van der Waals surface area contributed by atoms with E-state index < -0.39 is 11.4 Å². The lowest BCUT2D eigenvalue weighted by atomic mass is 9.85. The summed E-state index contributed by atoms with van der Waals surface area (Å²) in [6.45, 7) is 11.6. The Labute approximate surface area is 97.1 Å². The highest BCUT2D eigenvalue weighted by atomic mass is 32.2. The summed E-state index contributed by atoms with van der Waals surface area (Å²) in [6.07, 6.45) is 3.50. The molecule has 3 heteroatoms. The molecule has 0 heterocycles. The number of aliphatic carboxylic acids is 1. The third-order valence-electron chi connectivity index (χ3n) is 2.52. The lowest BCUT2D eigenvalue weighted by Crippen LogP contribution is -2.27. The van der Waals surface area contributed by atoms with E-state index in [4.69, 9.17) is 5.11 Å². The van der Waals surface area contributed by atoms with Crippen molar-refractivity contribution in [2.45, 2.75) is 45.3 Å². The number of hydrogen-bond donors (Lipinski definition) is 1. The molecular weight excluding hydrogens is 208 g/mol. The minimum Gasteiger partial charge on any atom is -0.481 e. The summed E-state index contributed by atoms with van der Waals surface area (Å²) >= 11 is 1.82. The van der Waals surface area contributed by atoms with Crippen molar-refractivity contribution in [3.63, 3.8) is 0 Å². The molecule has 0 saturated heterocycles. The lowest BCUT2D eigenvalue weighted by molar-refractivity contribution is -0.147. The molecule has 0 aliphatic rings. The maximum atomic E-state index is 10.9. The largest absolute Gasteiger partial charge is 0.481 e. The van der Waals surface area contributed by atoms with Crippen LogP contribution in [-0.4, -0.2) is 21.6 Å². The van der Waals surface area contributed by atoms with Gasteiger partial charge in [-0.05, 0) is 26.7 Å². The number of carboxylic acids is 1. The molecule has 0 aromatic carbocycles. The fourth-order valence-corrected chi connectivity index (χ4v) is 1.89. The lowest BCUT2D eigenvalue weighted by Gasteiger charge is -2.28. The van der Waals surface area contributed by atoms with Crippen LogP contribution >= 0.6 is 11.8 Å². The Hall–Kier alpha value is -0.440. The molecule has 1 N–H and O–H groups in total. The van der Waals surface area contributed by atoms with Crippen molar-refractivity contribution < 1.29 is 9.90 Å². The van der Waals surface area contributed by atoms with Crippen LogP contribution in [0.4, 0.5) is 0 Å². The van der Waals surface area contributed by atoms with Crippen LogP contribution in [0.2, 0.25) is 0 Å². The van der Waals surface area contributed by atoms with Gasteiger partial charge >= 0.3 is 5.97 Å². The van der Waals surface area contributed by atoms with E-state index in [1.807, 2.05) is 17.8 Å². The standard InChI is InChI=1S/C12H22O2S/c1-6-9-15-12(4,5)8-7-11(2,3)10(13)14/h6H,1,7-9H2,2-5H3,(H,13,14). The zero-order valence-electron chi connectivity index (χ0n) is 10.2. The molecule has 88 valence electrons. The van der Waals surface area contributed by atoms with Crippen molar-refractivity contribution in [3.05, 3.63) is 12.7 Å². The molecule has 15 heavy (non-hydrogen) atoms. The monoisotopic (exact) mass is 230 g/mol. The summed E-state index contributed by atoms with van der Waals surface area (Å²) < 4.78 is 0.126. The maximum Gasteiger partial charge on any atom is 0.309 e. The average molecular weight is 230 g/mol. The van der Waals surface area contributed by atoms with Crippen LogP contribution in [0.5, 0.6) is 0 Å². The van der Waals surface area contributed by atoms with E-state index in [1.165, 1.54) is 0 Å². The summed E-state index contributed by atoms with van der Waals surface area (Å²) in [5.74, 6) is 0.201. The summed E-state index contributed by atoms with van der Waals surface area (Å²) in [7, 11) is 0. The smallest absolute Gasteiger partial charge is 0.309 e. The van der Waals surface area contributed by atoms with Gasteiger partial charge in [-0.1, -0.05) is 19.9 Å². The van der Waals surface area contributed by atoms with Gasteiger partial charge in [-0.15, -0.1) is 6.58 Å². The molecule has 0 unspecified atom stereocenters. The number of carboxylic acid groups (broad SMARTS) is 1. The second-order valence-electron chi connectivity index (χ2n) is 5.05. The number of hydrogen-bond acceptors (Lipinski definition) is 2. The van der Waals surface area contributed by atoms with Gasteiger partial charge in [0.2, 0.25) is 0 Å². The first-order valence-electron chi connectivity index (χ1n) is 5.19. The third kappa shape index (κ3) is 5.88. The van der Waals surface area contributed by atoms with Gasteiger partial charge < -0.3 is 5.11 Å². The Balaban J connectivity index is 4.13. The molecule has 0 spiro atoms. The molecule has 0 aromatic rings. The van der Waals surface area contributed by atoms with E-state index in [0.717, 1.165) is 12.2 Å². The fourth-order valence-electron chi connectivity index (χ4n) is 1.08. The third-order valence-corrected chi connectivity index (χ3v) is 3.91. The summed E-state index contributed by atoms with van der Waals surface area (Å²) in [5.41, 5.74) is -0.619. The number of thioether (sulfide) groups is 1. The second kappa shape index (κ2) is 5.59. The van der Waals surface area contributed by atoms with Gasteiger partial charge in [-0.3, -0.25) is 4.79 Å². The molecule has 0 atom stereocenters. The Morgan fingerprint density at radius 1 is 1.33 bits per heavy atom. The van der Waals surface area contributed by atoms with Gasteiger partial charge in [-0.25, -0.2) is 0 Å². The number of rotatable bonds is 7. The van der Waals surface area contributed by atoms with Crippen molar-refractivity contribution in [1.29, 1.82) is 0 Å². The quantitative estimate of drug-likeness (QED) is 0.679. The first-order valence-corrected chi connectivity index (χ1v) is 6.18. The van der Waals surface area contributed by atoms with E-state index in [0.29, 0.717) is 6.42 Å². The molecule has 2 nitrogen and oxygen atoms in total. The Morgan fingerprint density at radius 2 is 1.87 bits per heavy atom. The van der Waals surface area contributed by atoms with Crippen molar-refractivity contribution in [3.8, 4) is 0 Å². The van der Waals surface area contributed by atoms with Gasteiger partial charge in [0.1, 0.15) is 0 Å². The molecule has 0 radical (unpaired) electrons. The summed E-state index contributed by atoms with van der Waals surface area (Å²) in [4.78, 5) is 10.9. The van der Waals surface area contributed by atoms with Crippen LogP contribution in [-0.2, 0) is 4.79 Å². The van der Waals surface area contributed by atoms with E-state index in [1.54, 1.807) is 13.8 Å². The van der Waals surface area contributed by atoms with Crippen molar-refractivity contribution in [2.75, 3.05) is 5.75 Å². The van der Waals surface area contributed by atoms with Crippen LogP contribution in [0.15, 0.2) is 12.7 Å². The zero-order valence-corrected chi connectivity index (χ0v) is 11.0. The van der Waals surface area contributed by atoms with Gasteiger partial charge in [0.15, 0.2) is 0 Å². The first-order chi connectivity index (χ1) is 6.71. The van der Waals surface area contributed by atoms with E-state index in [2.05, 4.69) is 20.4 Å². The maximum absolute atomic E-state index is 10.9. The fraction of sp³-hybridized carbons (Fsp3) is 0.750. The minimum absolute atomic E-state index is 0.126. The van der Waals surface area contributed by atoms with E-state index >= 15 is 0 Å². The Bertz CT molecular complexity index is 232. The first kappa shape index (κ1) is 14.6. The Kier molecular flexibility index (Phi) is 5.43. The normalized spacial score (nSPS) is 12.5. The average Bonchev–Trinajstić information content (AvgIpc) is 2.12. The van der Waals surface area contributed by atoms with Crippen LogP contribution in [0.3, 0.4) is 0 Å². The van der Waals surface area contributed by atoms with Crippen LogP contribution in [0.25, 0.3) is 0 Å². The molecule has 0 aliphatic carbocycles. The van der Waals surface area contributed by atoms with Crippen molar-refractivity contribution >= 4 is 17.7 Å².